The molecule has 4 aromatic rings. The van der Waals surface area contributed by atoms with E-state index >= 15 is 0 Å². The molecule has 0 bridgehead atoms. The smallest absolute Gasteiger partial charge is 0.185 e. The average Bonchev–Trinajstić information content (AvgIpc) is 3.23. The Morgan fingerprint density at radius 1 is 1.06 bits per heavy atom. The maximum absolute atomic E-state index is 13.0. The number of hydrogen-bond acceptors (Lipinski definition) is 7. The lowest BCUT2D eigenvalue weighted by atomic mass is 9.83. The molecule has 1 aliphatic carbocycles. The second-order valence-electron chi connectivity index (χ2n) is 8.06. The molecule has 5 rings (SSSR count). The molecule has 33 heavy (non-hydrogen) atoms. The van der Waals surface area contributed by atoms with E-state index in [0.29, 0.717) is 41.4 Å². The summed E-state index contributed by atoms with van der Waals surface area (Å²) in [5, 5.41) is 23.9. The summed E-state index contributed by atoms with van der Waals surface area (Å²) in [5.41, 5.74) is 4.98. The Balaban J connectivity index is 1.68. The van der Waals surface area contributed by atoms with Crippen LogP contribution in [0.1, 0.15) is 46.7 Å². The number of aryl methyl sites for hydroxylation is 1. The second kappa shape index (κ2) is 8.20. The number of Topliss-reactive ketones (excluding diaryl/α,β-unsaturated/α-hetero) is 1. The van der Waals surface area contributed by atoms with Crippen molar-refractivity contribution < 1.29 is 19.4 Å². The predicted molar refractivity (Wildman–Crippen MR) is 122 cm³/mol. The zero-order valence-electron chi connectivity index (χ0n) is 18.7. The molecular formula is C25H24N4O4. The molecule has 0 fully saturated rings. The van der Waals surface area contributed by atoms with Crippen molar-refractivity contribution in [3.8, 4) is 28.4 Å². The number of aromatic nitrogens is 4. The highest BCUT2D eigenvalue weighted by atomic mass is 16.5. The van der Waals surface area contributed by atoms with Gasteiger partial charge in [-0.1, -0.05) is 31.2 Å². The zero-order valence-corrected chi connectivity index (χ0v) is 18.7. The average molecular weight is 444 g/mol. The van der Waals surface area contributed by atoms with Gasteiger partial charge in [-0.25, -0.2) is 4.52 Å². The molecule has 2 heterocycles. The lowest BCUT2D eigenvalue weighted by molar-refractivity contribution is 0.0955. The van der Waals surface area contributed by atoms with Gasteiger partial charge >= 0.3 is 0 Å². The van der Waals surface area contributed by atoms with Crippen molar-refractivity contribution in [2.24, 2.45) is 0 Å². The predicted octanol–water partition coefficient (Wildman–Crippen LogP) is 3.99. The topological polar surface area (TPSA) is 98.8 Å². The van der Waals surface area contributed by atoms with Crippen LogP contribution >= 0.6 is 0 Å². The van der Waals surface area contributed by atoms with Gasteiger partial charge in [0.1, 0.15) is 5.75 Å². The standard InChI is InChI=1S/C25H24N4O4/c1-4-17-23(14-9-10-21(32-2)22(13-14)33-3)25-27-26-24-18(29(25)28-17)11-15(12-20(24)31)16-7-5-6-8-19(16)30/h5-10,13,15,30H,4,11-12H2,1-3H3/t15-/m1/s1. The van der Waals surface area contributed by atoms with Crippen LogP contribution in [0.25, 0.3) is 16.8 Å². The van der Waals surface area contributed by atoms with Gasteiger partial charge < -0.3 is 14.6 Å². The lowest BCUT2D eigenvalue weighted by Gasteiger charge is -2.23. The van der Waals surface area contributed by atoms with Gasteiger partial charge in [-0.3, -0.25) is 4.79 Å². The third-order valence-corrected chi connectivity index (χ3v) is 6.23. The summed E-state index contributed by atoms with van der Waals surface area (Å²) >= 11 is 0. The van der Waals surface area contributed by atoms with Crippen LogP contribution < -0.4 is 9.47 Å². The highest BCUT2D eigenvalue weighted by Gasteiger charge is 2.32. The molecule has 2 aromatic carbocycles. The number of ether oxygens (including phenoxy) is 2. The van der Waals surface area contributed by atoms with Crippen molar-refractivity contribution in [1.82, 2.24) is 19.8 Å². The maximum atomic E-state index is 13.0. The van der Waals surface area contributed by atoms with E-state index in [1.807, 2.05) is 37.3 Å². The lowest BCUT2D eigenvalue weighted by Crippen LogP contribution is -2.24. The number of phenolic OH excluding ortho intramolecular Hbond substituents is 1. The van der Waals surface area contributed by atoms with Crippen LogP contribution in [0.15, 0.2) is 42.5 Å². The van der Waals surface area contributed by atoms with Crippen molar-refractivity contribution >= 4 is 11.4 Å². The fourth-order valence-corrected chi connectivity index (χ4v) is 4.60. The number of methoxy groups -OCH3 is 2. The molecular weight excluding hydrogens is 420 g/mol. The summed E-state index contributed by atoms with van der Waals surface area (Å²) in [4.78, 5) is 13.0. The molecule has 0 spiro atoms. The second-order valence-corrected chi connectivity index (χ2v) is 8.06. The maximum Gasteiger partial charge on any atom is 0.185 e. The Hall–Kier alpha value is -3.94. The van der Waals surface area contributed by atoms with Gasteiger partial charge in [0.15, 0.2) is 28.6 Å². The van der Waals surface area contributed by atoms with Gasteiger partial charge in [-0.05, 0) is 42.2 Å². The van der Waals surface area contributed by atoms with E-state index in [4.69, 9.17) is 14.6 Å². The first-order chi connectivity index (χ1) is 16.0. The summed E-state index contributed by atoms with van der Waals surface area (Å²) in [7, 11) is 3.19. The number of fused-ring (bicyclic) bond motifs is 3. The van der Waals surface area contributed by atoms with Crippen LogP contribution in [0, 0.1) is 0 Å². The van der Waals surface area contributed by atoms with Crippen molar-refractivity contribution in [1.29, 1.82) is 0 Å². The Morgan fingerprint density at radius 2 is 1.85 bits per heavy atom. The summed E-state index contributed by atoms with van der Waals surface area (Å²) in [6, 6.07) is 12.8. The first-order valence-electron chi connectivity index (χ1n) is 10.9. The monoisotopic (exact) mass is 444 g/mol. The van der Waals surface area contributed by atoms with Crippen LogP contribution in [-0.2, 0) is 12.8 Å². The van der Waals surface area contributed by atoms with Gasteiger partial charge in [-0.15, -0.1) is 10.2 Å². The van der Waals surface area contributed by atoms with E-state index in [1.165, 1.54) is 0 Å². The first kappa shape index (κ1) is 20.9. The quantitative estimate of drug-likeness (QED) is 0.497. The molecule has 1 N–H and O–H groups in total. The summed E-state index contributed by atoms with van der Waals surface area (Å²) in [5.74, 6) is 1.18. The molecule has 168 valence electrons. The third kappa shape index (κ3) is 3.38. The van der Waals surface area contributed by atoms with Gasteiger partial charge in [0.05, 0.1) is 31.2 Å². The number of rotatable bonds is 5. The summed E-state index contributed by atoms with van der Waals surface area (Å²) in [6.07, 6.45) is 1.48. The van der Waals surface area contributed by atoms with Crippen molar-refractivity contribution in [2.75, 3.05) is 14.2 Å². The molecule has 0 amide bonds. The molecule has 0 aliphatic heterocycles. The van der Waals surface area contributed by atoms with E-state index in [9.17, 15) is 9.90 Å². The molecule has 8 heteroatoms. The molecule has 2 aromatic heterocycles. The van der Waals surface area contributed by atoms with Gasteiger partial charge in [0, 0.05) is 12.3 Å². The molecule has 0 saturated carbocycles. The number of carbonyl (C=O) groups excluding carboxylic acids is 1. The number of para-hydroxylation sites is 1. The SMILES string of the molecule is CCc1nn2c3c(nnc2c1-c1ccc(OC)c(OC)c1)C(=O)C[C@H](c1ccccc1O)C3. The minimum absolute atomic E-state index is 0.0971. The molecule has 1 aliphatic rings. The number of aromatic hydroxyl groups is 1. The molecule has 0 unspecified atom stereocenters. The van der Waals surface area contributed by atoms with E-state index < -0.39 is 0 Å². The van der Waals surface area contributed by atoms with Crippen LogP contribution in [0.3, 0.4) is 0 Å². The van der Waals surface area contributed by atoms with Gasteiger partial charge in [-0.2, -0.15) is 5.10 Å². The molecule has 0 radical (unpaired) electrons. The number of benzene rings is 2. The highest BCUT2D eigenvalue weighted by molar-refractivity contribution is 5.97. The van der Waals surface area contributed by atoms with Crippen molar-refractivity contribution in [2.45, 2.75) is 32.1 Å². The van der Waals surface area contributed by atoms with Crippen LogP contribution in [0.2, 0.25) is 0 Å². The Morgan fingerprint density at radius 3 is 2.58 bits per heavy atom. The first-order valence-corrected chi connectivity index (χ1v) is 10.9. The number of nitrogens with zero attached hydrogens (tertiary/aromatic N) is 4. The minimum Gasteiger partial charge on any atom is -0.508 e. The third-order valence-electron chi connectivity index (χ3n) is 6.23. The number of phenols is 1. The number of hydrogen-bond donors (Lipinski definition) is 1. The van der Waals surface area contributed by atoms with E-state index in [-0.39, 0.29) is 23.9 Å². The van der Waals surface area contributed by atoms with E-state index in [1.54, 1.807) is 30.9 Å². The van der Waals surface area contributed by atoms with Gasteiger partial charge in [0.25, 0.3) is 0 Å². The Labute approximate surface area is 190 Å². The fraction of sp³-hybridized carbons (Fsp3) is 0.280. The Kier molecular flexibility index (Phi) is 5.20. The fourth-order valence-electron chi connectivity index (χ4n) is 4.60. The van der Waals surface area contributed by atoms with Gasteiger partial charge in [0.2, 0.25) is 0 Å². The number of carbonyl (C=O) groups is 1. The summed E-state index contributed by atoms with van der Waals surface area (Å²) < 4.78 is 12.6. The van der Waals surface area contributed by atoms with Crippen molar-refractivity contribution in [3.05, 3.63) is 65.1 Å². The summed E-state index contributed by atoms with van der Waals surface area (Å²) in [6.45, 7) is 2.03. The Bertz CT molecular complexity index is 1380. The van der Waals surface area contributed by atoms with Crippen molar-refractivity contribution in [3.63, 3.8) is 0 Å². The minimum atomic E-state index is -0.155. The zero-order chi connectivity index (χ0) is 23.1. The molecule has 8 nitrogen and oxygen atoms in total. The van der Waals surface area contributed by atoms with Crippen LogP contribution in [0.4, 0.5) is 0 Å². The molecule has 0 saturated heterocycles. The highest BCUT2D eigenvalue weighted by Crippen LogP contribution is 2.39. The number of ketones is 1. The largest absolute Gasteiger partial charge is 0.508 e. The van der Waals surface area contributed by atoms with E-state index in [0.717, 1.165) is 22.4 Å². The van der Waals surface area contributed by atoms with E-state index in [2.05, 4.69) is 10.2 Å². The molecule has 1 atom stereocenters. The van der Waals surface area contributed by atoms with Crippen LogP contribution in [0.5, 0.6) is 17.2 Å². The normalized spacial score (nSPS) is 15.5. The van der Waals surface area contributed by atoms with Crippen LogP contribution in [-0.4, -0.2) is 44.9 Å².